The zero-order valence-corrected chi connectivity index (χ0v) is 18.9. The average molecular weight is 447 g/mol. The van der Waals surface area contributed by atoms with E-state index in [1.165, 1.54) is 13.3 Å². The fraction of sp³-hybridized carbons (Fsp3) is 0.280. The van der Waals surface area contributed by atoms with Gasteiger partial charge in [0.25, 0.3) is 11.5 Å². The number of hydrogen-bond donors (Lipinski definition) is 1. The third kappa shape index (κ3) is 4.37. The van der Waals surface area contributed by atoms with Crippen molar-refractivity contribution in [1.29, 1.82) is 0 Å². The molecular formula is C25H25N3O5. The standard InChI is InChI=1S/C25H25N3O5/c1-14(2)17-10-7-8-15(3)21(17)27-24(30)16(4)32-20(29)12-28-13-26-22-18-9-5-6-11-19(18)33-23(22)25(28)31/h5-11,13-14,16H,12H2,1-4H3,(H,27,30). The molecule has 8 nitrogen and oxygen atoms in total. The molecule has 0 bridgehead atoms. The molecular weight excluding hydrogens is 422 g/mol. The van der Waals surface area contributed by atoms with E-state index in [-0.39, 0.29) is 11.5 Å². The maximum atomic E-state index is 12.8. The van der Waals surface area contributed by atoms with Gasteiger partial charge in [0.2, 0.25) is 5.58 Å². The minimum Gasteiger partial charge on any atom is -0.451 e. The second kappa shape index (κ2) is 8.90. The minimum atomic E-state index is -1.05. The van der Waals surface area contributed by atoms with Crippen LogP contribution in [0, 0.1) is 6.92 Å². The van der Waals surface area contributed by atoms with Crippen LogP contribution < -0.4 is 10.9 Å². The Labute approximate surface area is 190 Å². The molecule has 0 saturated heterocycles. The average Bonchev–Trinajstić information content (AvgIpc) is 3.16. The van der Waals surface area contributed by atoms with Gasteiger partial charge in [-0.2, -0.15) is 0 Å². The van der Waals surface area contributed by atoms with Crippen LogP contribution in [-0.4, -0.2) is 27.5 Å². The molecule has 0 aliphatic carbocycles. The summed E-state index contributed by atoms with van der Waals surface area (Å²) < 4.78 is 12.0. The fourth-order valence-electron chi connectivity index (χ4n) is 3.72. The molecule has 0 saturated carbocycles. The van der Waals surface area contributed by atoms with Crippen molar-refractivity contribution in [3.8, 4) is 0 Å². The van der Waals surface area contributed by atoms with Crippen LogP contribution in [0.2, 0.25) is 0 Å². The molecule has 1 N–H and O–H groups in total. The number of anilines is 1. The van der Waals surface area contributed by atoms with Crippen LogP contribution in [0.4, 0.5) is 5.69 Å². The smallest absolute Gasteiger partial charge is 0.326 e. The molecule has 1 unspecified atom stereocenters. The van der Waals surface area contributed by atoms with Crippen molar-refractivity contribution in [2.24, 2.45) is 0 Å². The van der Waals surface area contributed by atoms with E-state index >= 15 is 0 Å². The molecule has 2 aromatic heterocycles. The number of amides is 1. The molecule has 4 rings (SSSR count). The second-order valence-corrected chi connectivity index (χ2v) is 8.27. The van der Waals surface area contributed by atoms with Crippen molar-refractivity contribution in [3.05, 3.63) is 70.3 Å². The summed E-state index contributed by atoms with van der Waals surface area (Å²) in [4.78, 5) is 42.2. The molecule has 4 aromatic rings. The largest absolute Gasteiger partial charge is 0.451 e. The van der Waals surface area contributed by atoms with Crippen molar-refractivity contribution in [2.75, 3.05) is 5.32 Å². The summed E-state index contributed by atoms with van der Waals surface area (Å²) in [6.07, 6.45) is 0.233. The summed E-state index contributed by atoms with van der Waals surface area (Å²) in [5.41, 5.74) is 3.19. The van der Waals surface area contributed by atoms with Gasteiger partial charge in [-0.15, -0.1) is 0 Å². The lowest BCUT2D eigenvalue weighted by Crippen LogP contribution is -2.33. The first-order chi connectivity index (χ1) is 15.8. The number of esters is 1. The maximum Gasteiger partial charge on any atom is 0.326 e. The van der Waals surface area contributed by atoms with E-state index in [1.807, 2.05) is 51.1 Å². The molecule has 0 aliphatic heterocycles. The molecule has 170 valence electrons. The van der Waals surface area contributed by atoms with Crippen molar-refractivity contribution in [3.63, 3.8) is 0 Å². The number of carbonyl (C=O) groups excluding carboxylic acids is 2. The Morgan fingerprint density at radius 3 is 2.64 bits per heavy atom. The van der Waals surface area contributed by atoms with Crippen molar-refractivity contribution in [1.82, 2.24) is 9.55 Å². The number of furan rings is 1. The van der Waals surface area contributed by atoms with E-state index in [9.17, 15) is 14.4 Å². The SMILES string of the molecule is Cc1cccc(C(C)C)c1NC(=O)C(C)OC(=O)Cn1cnc2c(oc3ccccc32)c1=O. The van der Waals surface area contributed by atoms with Crippen LogP contribution in [0.5, 0.6) is 0 Å². The first-order valence-corrected chi connectivity index (χ1v) is 10.7. The van der Waals surface area contributed by atoms with E-state index in [0.717, 1.165) is 26.8 Å². The van der Waals surface area contributed by atoms with Gasteiger partial charge in [-0.3, -0.25) is 19.0 Å². The third-order valence-corrected chi connectivity index (χ3v) is 5.50. The van der Waals surface area contributed by atoms with Crippen LogP contribution in [0.25, 0.3) is 22.1 Å². The summed E-state index contributed by atoms with van der Waals surface area (Å²) in [6.45, 7) is 7.09. The molecule has 2 aromatic carbocycles. The third-order valence-electron chi connectivity index (χ3n) is 5.50. The van der Waals surface area contributed by atoms with Gasteiger partial charge in [0, 0.05) is 11.1 Å². The zero-order chi connectivity index (χ0) is 23.7. The number of nitrogens with one attached hydrogen (secondary N) is 1. The number of carbonyl (C=O) groups is 2. The van der Waals surface area contributed by atoms with Gasteiger partial charge < -0.3 is 14.5 Å². The number of ether oxygens (including phenoxy) is 1. The summed E-state index contributed by atoms with van der Waals surface area (Å²) in [5.74, 6) is -0.964. The van der Waals surface area contributed by atoms with Gasteiger partial charge in [-0.05, 0) is 43.0 Å². The van der Waals surface area contributed by atoms with E-state index in [2.05, 4.69) is 10.3 Å². The minimum absolute atomic E-state index is 0.0676. The number of fused-ring (bicyclic) bond motifs is 3. The topological polar surface area (TPSA) is 103 Å². The Balaban J connectivity index is 1.47. The van der Waals surface area contributed by atoms with Gasteiger partial charge in [-0.25, -0.2) is 4.98 Å². The molecule has 0 spiro atoms. The van der Waals surface area contributed by atoms with Crippen molar-refractivity contribution < 1.29 is 18.7 Å². The van der Waals surface area contributed by atoms with Gasteiger partial charge in [-0.1, -0.05) is 44.2 Å². The van der Waals surface area contributed by atoms with Crippen LogP contribution in [-0.2, 0) is 20.9 Å². The van der Waals surface area contributed by atoms with Crippen LogP contribution in [0.1, 0.15) is 37.8 Å². The lowest BCUT2D eigenvalue weighted by atomic mass is 9.98. The number of benzene rings is 2. The normalized spacial score (nSPS) is 12.3. The molecule has 8 heteroatoms. The molecule has 2 heterocycles. The Kier molecular flexibility index (Phi) is 6.00. The van der Waals surface area contributed by atoms with E-state index in [1.54, 1.807) is 12.1 Å². The summed E-state index contributed by atoms with van der Waals surface area (Å²) >= 11 is 0. The number of hydrogen-bond acceptors (Lipinski definition) is 6. The van der Waals surface area contributed by atoms with Crippen molar-refractivity contribution in [2.45, 2.75) is 46.3 Å². The maximum absolute atomic E-state index is 12.8. The lowest BCUT2D eigenvalue weighted by Gasteiger charge is -2.19. The molecule has 0 radical (unpaired) electrons. The number of para-hydroxylation sites is 2. The highest BCUT2D eigenvalue weighted by atomic mass is 16.5. The molecule has 1 atom stereocenters. The number of rotatable bonds is 6. The van der Waals surface area contributed by atoms with E-state index in [0.29, 0.717) is 11.1 Å². The first-order valence-electron chi connectivity index (χ1n) is 10.7. The van der Waals surface area contributed by atoms with Gasteiger partial charge in [0.05, 0.1) is 6.33 Å². The van der Waals surface area contributed by atoms with Gasteiger partial charge in [0.1, 0.15) is 17.6 Å². The highest BCUT2D eigenvalue weighted by Gasteiger charge is 2.22. The lowest BCUT2D eigenvalue weighted by molar-refractivity contribution is -0.153. The first kappa shape index (κ1) is 22.3. The summed E-state index contributed by atoms with van der Waals surface area (Å²) in [5, 5.41) is 3.59. The highest BCUT2D eigenvalue weighted by Crippen LogP contribution is 2.27. The Morgan fingerprint density at radius 2 is 1.88 bits per heavy atom. The Bertz CT molecular complexity index is 1420. The summed E-state index contributed by atoms with van der Waals surface area (Å²) in [6, 6.07) is 13.0. The highest BCUT2D eigenvalue weighted by molar-refractivity contribution is 6.01. The van der Waals surface area contributed by atoms with Gasteiger partial charge in [0.15, 0.2) is 6.10 Å². The van der Waals surface area contributed by atoms with Crippen LogP contribution in [0.15, 0.2) is 58.0 Å². The predicted octanol–water partition coefficient (Wildman–Crippen LogP) is 4.14. The number of nitrogens with zero attached hydrogens (tertiary/aromatic N) is 2. The fourth-order valence-corrected chi connectivity index (χ4v) is 3.72. The predicted molar refractivity (Wildman–Crippen MR) is 125 cm³/mol. The quantitative estimate of drug-likeness (QED) is 0.446. The monoisotopic (exact) mass is 447 g/mol. The zero-order valence-electron chi connectivity index (χ0n) is 18.9. The van der Waals surface area contributed by atoms with Crippen molar-refractivity contribution >= 4 is 39.6 Å². The summed E-state index contributed by atoms with van der Waals surface area (Å²) in [7, 11) is 0. The number of aryl methyl sites for hydroxylation is 1. The van der Waals surface area contributed by atoms with Crippen LogP contribution in [0.3, 0.4) is 0 Å². The van der Waals surface area contributed by atoms with E-state index < -0.39 is 30.1 Å². The number of aromatic nitrogens is 2. The molecule has 0 aliphatic rings. The Hall–Kier alpha value is -3.94. The molecule has 0 fully saturated rings. The van der Waals surface area contributed by atoms with Crippen LogP contribution >= 0.6 is 0 Å². The van der Waals surface area contributed by atoms with E-state index in [4.69, 9.17) is 9.15 Å². The Morgan fingerprint density at radius 1 is 1.12 bits per heavy atom. The molecule has 33 heavy (non-hydrogen) atoms. The second-order valence-electron chi connectivity index (χ2n) is 8.27. The van der Waals surface area contributed by atoms with Gasteiger partial charge >= 0.3 is 5.97 Å². The molecule has 1 amide bonds.